The minimum atomic E-state index is -0.437. The van der Waals surface area contributed by atoms with E-state index in [0.717, 1.165) is 59.8 Å². The largest absolute Gasteiger partial charge is 0.456 e. The van der Waals surface area contributed by atoms with Crippen LogP contribution in [0.25, 0.3) is 109 Å². The van der Waals surface area contributed by atoms with Crippen molar-refractivity contribution in [1.29, 1.82) is 0 Å². The Morgan fingerprint density at radius 2 is 0.902 bits per heavy atom. The van der Waals surface area contributed by atoms with Crippen molar-refractivity contribution in [1.82, 2.24) is 0 Å². The first-order valence-corrected chi connectivity index (χ1v) is 16.9. The SMILES string of the molecule is [2H]c1c([2H])c([2H])c2c(-c3c(-c4ccc5oc6ccc7ccccc7c6c5c4)ccc4ccccc34)c3c([2H])c([2H])c([2H])c([2H])c3c(-c3ccc4ccccc4c3)c2c1[2H]. The lowest BCUT2D eigenvalue weighted by Gasteiger charge is -2.21. The van der Waals surface area contributed by atoms with E-state index in [1.54, 1.807) is 0 Å². The Kier molecular flexibility index (Phi) is 4.57. The molecule has 0 spiro atoms. The second-order valence-electron chi connectivity index (χ2n) is 13.0. The number of hydrogen-bond acceptors (Lipinski definition) is 1. The zero-order valence-corrected chi connectivity index (χ0v) is 27.1. The molecule has 1 heteroatoms. The third-order valence-electron chi connectivity index (χ3n) is 10.3. The number of hydrogen-bond donors (Lipinski definition) is 0. The van der Waals surface area contributed by atoms with Crippen molar-refractivity contribution in [2.75, 3.05) is 0 Å². The number of fused-ring (bicyclic) bond motifs is 9. The van der Waals surface area contributed by atoms with Crippen molar-refractivity contribution in [3.05, 3.63) is 182 Å². The summed E-state index contributed by atoms with van der Waals surface area (Å²) in [6.45, 7) is 0. The summed E-state index contributed by atoms with van der Waals surface area (Å²) in [6, 6.07) is 40.5. The van der Waals surface area contributed by atoms with Crippen LogP contribution in [0.4, 0.5) is 0 Å². The van der Waals surface area contributed by atoms with Gasteiger partial charge in [-0.2, -0.15) is 0 Å². The molecule has 11 aromatic rings. The molecule has 0 saturated heterocycles. The van der Waals surface area contributed by atoms with Crippen LogP contribution >= 0.6 is 0 Å². The lowest BCUT2D eigenvalue weighted by atomic mass is 9.81. The summed E-state index contributed by atoms with van der Waals surface area (Å²) >= 11 is 0. The summed E-state index contributed by atoms with van der Waals surface area (Å²) in [7, 11) is 0. The molecular formula is C50H30O. The predicted molar refractivity (Wildman–Crippen MR) is 218 cm³/mol. The van der Waals surface area contributed by atoms with E-state index in [9.17, 15) is 5.48 Å². The maximum Gasteiger partial charge on any atom is 0.136 e. The molecule has 1 heterocycles. The molecule has 0 aliphatic carbocycles. The highest BCUT2D eigenvalue weighted by molar-refractivity contribution is 6.26. The minimum absolute atomic E-state index is 0.176. The summed E-state index contributed by atoms with van der Waals surface area (Å²) in [4.78, 5) is 0. The van der Waals surface area contributed by atoms with E-state index in [-0.39, 0.29) is 45.7 Å². The summed E-state index contributed by atoms with van der Waals surface area (Å²) in [6.07, 6.45) is 0. The van der Waals surface area contributed by atoms with Crippen LogP contribution in [-0.2, 0) is 0 Å². The molecule has 0 fully saturated rings. The van der Waals surface area contributed by atoms with Gasteiger partial charge in [-0.05, 0) is 112 Å². The third-order valence-corrected chi connectivity index (χ3v) is 10.3. The van der Waals surface area contributed by atoms with Gasteiger partial charge in [-0.3, -0.25) is 0 Å². The Labute approximate surface area is 305 Å². The zero-order valence-electron chi connectivity index (χ0n) is 35.1. The minimum Gasteiger partial charge on any atom is -0.456 e. The van der Waals surface area contributed by atoms with E-state index >= 15 is 0 Å². The quantitative estimate of drug-likeness (QED) is 0.173. The fourth-order valence-electron chi connectivity index (χ4n) is 8.00. The molecule has 0 saturated carbocycles. The van der Waals surface area contributed by atoms with Gasteiger partial charge in [0.2, 0.25) is 0 Å². The molecule has 10 aromatic carbocycles. The molecule has 0 N–H and O–H groups in total. The van der Waals surface area contributed by atoms with Crippen LogP contribution in [0.5, 0.6) is 0 Å². The van der Waals surface area contributed by atoms with Gasteiger partial charge in [-0.25, -0.2) is 0 Å². The van der Waals surface area contributed by atoms with Crippen LogP contribution in [0.1, 0.15) is 11.0 Å². The summed E-state index contributed by atoms with van der Waals surface area (Å²) in [5, 5.41) is 8.16. The molecule has 0 aliphatic heterocycles. The van der Waals surface area contributed by atoms with Gasteiger partial charge in [-0.15, -0.1) is 0 Å². The van der Waals surface area contributed by atoms with Crippen LogP contribution in [0.3, 0.4) is 0 Å². The van der Waals surface area contributed by atoms with Gasteiger partial charge in [0.05, 0.1) is 11.0 Å². The van der Waals surface area contributed by atoms with Crippen molar-refractivity contribution < 1.29 is 15.4 Å². The highest BCUT2D eigenvalue weighted by Gasteiger charge is 2.22. The Morgan fingerprint density at radius 3 is 1.65 bits per heavy atom. The fraction of sp³-hybridized carbons (Fsp3) is 0. The van der Waals surface area contributed by atoms with Gasteiger partial charge in [0.15, 0.2) is 0 Å². The lowest BCUT2D eigenvalue weighted by molar-refractivity contribution is 0.669. The zero-order chi connectivity index (χ0) is 40.4. The van der Waals surface area contributed by atoms with Crippen molar-refractivity contribution in [3.8, 4) is 33.4 Å². The molecule has 1 nitrogen and oxygen atoms in total. The van der Waals surface area contributed by atoms with E-state index in [1.165, 1.54) is 0 Å². The van der Waals surface area contributed by atoms with Crippen LogP contribution in [-0.4, -0.2) is 0 Å². The van der Waals surface area contributed by atoms with Crippen molar-refractivity contribution in [2.45, 2.75) is 0 Å². The Balaban J connectivity index is 1.37. The van der Waals surface area contributed by atoms with Crippen LogP contribution in [0.15, 0.2) is 186 Å². The second-order valence-corrected chi connectivity index (χ2v) is 13.0. The van der Waals surface area contributed by atoms with Crippen molar-refractivity contribution in [2.24, 2.45) is 0 Å². The lowest BCUT2D eigenvalue weighted by Crippen LogP contribution is -1.94. The maximum atomic E-state index is 9.64. The highest BCUT2D eigenvalue weighted by atomic mass is 16.3. The van der Waals surface area contributed by atoms with Gasteiger partial charge in [0.1, 0.15) is 11.2 Å². The average molecular weight is 655 g/mol. The fourth-order valence-corrected chi connectivity index (χ4v) is 8.00. The topological polar surface area (TPSA) is 13.1 Å². The Hall–Kier alpha value is -6.70. The van der Waals surface area contributed by atoms with E-state index in [2.05, 4.69) is 18.2 Å². The maximum absolute atomic E-state index is 9.64. The smallest absolute Gasteiger partial charge is 0.136 e. The van der Waals surface area contributed by atoms with Crippen LogP contribution in [0.2, 0.25) is 0 Å². The number of rotatable bonds is 3. The standard InChI is InChI=1S/C50H30O/c1-2-14-34-29-36(22-21-31(34)11-1)47-40-17-7-9-19-42(40)50(43-20-10-8-18-41(43)47)49-38-16-6-4-12-32(38)23-26-39(49)35-25-27-45-44(30-35)48-37-15-5-3-13-33(37)24-28-46(48)51-45/h1-30H/i7D,8D,9D,10D,17D,18D,19D,20D. The molecule has 0 radical (unpaired) electrons. The molecule has 236 valence electrons. The molecule has 11 rings (SSSR count). The monoisotopic (exact) mass is 654 g/mol. The van der Waals surface area contributed by atoms with E-state index < -0.39 is 24.2 Å². The van der Waals surface area contributed by atoms with Gasteiger partial charge in [0.25, 0.3) is 0 Å². The van der Waals surface area contributed by atoms with E-state index in [1.807, 2.05) is 115 Å². The third kappa shape index (κ3) is 4.22. The summed E-state index contributed by atoms with van der Waals surface area (Å²) in [5.41, 5.74) is 4.79. The molecular weight excluding hydrogens is 617 g/mol. The van der Waals surface area contributed by atoms with E-state index in [4.69, 9.17) is 9.90 Å². The average Bonchev–Trinajstić information content (AvgIpc) is 3.66. The first kappa shape index (κ1) is 21.4. The summed E-state index contributed by atoms with van der Waals surface area (Å²) in [5.74, 6) is 0. The molecule has 0 unspecified atom stereocenters. The second kappa shape index (κ2) is 10.9. The Morgan fingerprint density at radius 1 is 0.353 bits per heavy atom. The molecule has 0 aliphatic rings. The van der Waals surface area contributed by atoms with Crippen molar-refractivity contribution >= 4 is 75.8 Å². The molecule has 0 amide bonds. The van der Waals surface area contributed by atoms with Gasteiger partial charge in [0, 0.05) is 10.8 Å². The molecule has 1 aromatic heterocycles. The first-order chi connectivity index (χ1) is 28.6. The van der Waals surface area contributed by atoms with Crippen LogP contribution in [0, 0.1) is 0 Å². The summed E-state index contributed by atoms with van der Waals surface area (Å²) < 4.78 is 80.7. The molecule has 51 heavy (non-hydrogen) atoms. The number of benzene rings is 10. The van der Waals surface area contributed by atoms with Crippen molar-refractivity contribution in [3.63, 3.8) is 0 Å². The molecule has 0 atom stereocenters. The Bertz CT molecular complexity index is 3580. The predicted octanol–water partition coefficient (Wildman–Crippen LogP) is 14.4. The van der Waals surface area contributed by atoms with Gasteiger partial charge in [-0.1, -0.05) is 158 Å². The first-order valence-electron chi connectivity index (χ1n) is 20.9. The van der Waals surface area contributed by atoms with Gasteiger partial charge < -0.3 is 4.42 Å². The highest BCUT2D eigenvalue weighted by Crippen LogP contribution is 2.49. The normalized spacial score (nSPS) is 14.1. The number of furan rings is 1. The van der Waals surface area contributed by atoms with Crippen LogP contribution < -0.4 is 0 Å². The van der Waals surface area contributed by atoms with E-state index in [0.29, 0.717) is 27.8 Å². The van der Waals surface area contributed by atoms with Gasteiger partial charge >= 0.3 is 0 Å². The molecule has 0 bridgehead atoms.